The Kier molecular flexibility index (Phi) is 6.48. The maximum Gasteiger partial charge on any atom is 0.259 e. The first-order chi connectivity index (χ1) is 17.8. The van der Waals surface area contributed by atoms with Gasteiger partial charge in [-0.25, -0.2) is 4.98 Å². The number of fused-ring (bicyclic) bond motifs is 1. The van der Waals surface area contributed by atoms with Gasteiger partial charge in [-0.3, -0.25) is 19.8 Å². The highest BCUT2D eigenvalue weighted by molar-refractivity contribution is 7.22. The van der Waals surface area contributed by atoms with Gasteiger partial charge in [-0.2, -0.15) is 15.1 Å². The average molecular weight is 536 g/mol. The molecule has 0 saturated carbocycles. The van der Waals surface area contributed by atoms with Crippen LogP contribution < -0.4 is 14.8 Å². The van der Waals surface area contributed by atoms with Crippen LogP contribution in [0.3, 0.4) is 0 Å². The molecule has 0 fully saturated rings. The van der Waals surface area contributed by atoms with Crippen LogP contribution >= 0.6 is 22.9 Å². The molecular formula is C25H22ClN7O3S. The van der Waals surface area contributed by atoms with E-state index in [0.717, 1.165) is 27.2 Å². The van der Waals surface area contributed by atoms with Gasteiger partial charge in [-0.15, -0.1) is 0 Å². The predicted molar refractivity (Wildman–Crippen MR) is 143 cm³/mol. The number of anilines is 1. The third-order valence-electron chi connectivity index (χ3n) is 5.77. The van der Waals surface area contributed by atoms with Crippen molar-refractivity contribution in [1.29, 1.82) is 0 Å². The molecule has 5 aromatic heterocycles. The fraction of sp³-hybridized carbons (Fsp3) is 0.200. The Labute approximate surface area is 221 Å². The summed E-state index contributed by atoms with van der Waals surface area (Å²) in [6.07, 6.45) is 4.82. The number of ether oxygens (including phenoxy) is 2. The Morgan fingerprint density at radius 2 is 1.81 bits per heavy atom. The molecule has 0 spiro atoms. The van der Waals surface area contributed by atoms with Crippen molar-refractivity contribution < 1.29 is 14.3 Å². The Bertz CT molecular complexity index is 1640. The molecule has 0 atom stereocenters. The molecule has 0 aliphatic heterocycles. The lowest BCUT2D eigenvalue weighted by Crippen LogP contribution is -2.14. The van der Waals surface area contributed by atoms with E-state index in [2.05, 4.69) is 30.4 Å². The molecule has 0 aliphatic carbocycles. The second-order valence-corrected chi connectivity index (χ2v) is 9.64. The molecule has 1 amide bonds. The number of methoxy groups -OCH3 is 2. The average Bonchev–Trinajstić information content (AvgIpc) is 3.43. The lowest BCUT2D eigenvalue weighted by atomic mass is 10.0. The Morgan fingerprint density at radius 3 is 2.51 bits per heavy atom. The van der Waals surface area contributed by atoms with Crippen LogP contribution in [0.25, 0.3) is 32.7 Å². The minimum atomic E-state index is -0.383. The van der Waals surface area contributed by atoms with E-state index in [9.17, 15) is 4.79 Å². The standard InChI is InChI=1S/C25H22ClN7O3S/c1-12-9-29-33(3)21(12)16-7-19-22(30-24(16)36-5)31-25(37-19)32-23(34)17-10-27-13(2)6-14(17)15-8-20(26)28-11-18(15)35-4/h6-11H,1-5H3,(H,30,31,32,34). The van der Waals surface area contributed by atoms with Crippen LogP contribution in [-0.4, -0.2) is 49.8 Å². The number of nitrogens with one attached hydrogen (secondary N) is 1. The van der Waals surface area contributed by atoms with E-state index < -0.39 is 0 Å². The first-order valence-electron chi connectivity index (χ1n) is 11.1. The summed E-state index contributed by atoms with van der Waals surface area (Å²) in [5, 5.41) is 7.87. The van der Waals surface area contributed by atoms with Crippen molar-refractivity contribution in [3.8, 4) is 34.0 Å². The Balaban J connectivity index is 1.53. The molecule has 0 unspecified atom stereocenters. The van der Waals surface area contributed by atoms with Crippen molar-refractivity contribution in [2.75, 3.05) is 19.5 Å². The maximum atomic E-state index is 13.4. The zero-order chi connectivity index (χ0) is 26.3. The van der Waals surface area contributed by atoms with Gasteiger partial charge in [0.15, 0.2) is 10.8 Å². The molecule has 0 aliphatic rings. The van der Waals surface area contributed by atoms with Gasteiger partial charge in [-0.1, -0.05) is 22.9 Å². The van der Waals surface area contributed by atoms with Gasteiger partial charge in [0.25, 0.3) is 5.91 Å². The summed E-state index contributed by atoms with van der Waals surface area (Å²) in [4.78, 5) is 30.9. The molecule has 1 N–H and O–H groups in total. The SMILES string of the molecule is COc1cnc(Cl)cc1-c1cc(C)ncc1C(=O)Nc1nc2nc(OC)c(-c3c(C)cnn3C)cc2s1. The normalized spacial score (nSPS) is 11.1. The zero-order valence-electron chi connectivity index (χ0n) is 20.7. The van der Waals surface area contributed by atoms with E-state index in [1.54, 1.807) is 30.1 Å². The maximum absolute atomic E-state index is 13.4. The fourth-order valence-electron chi connectivity index (χ4n) is 4.08. The number of nitrogens with zero attached hydrogens (tertiary/aromatic N) is 6. The van der Waals surface area contributed by atoms with Gasteiger partial charge in [0.05, 0.1) is 48.1 Å². The fourth-order valence-corrected chi connectivity index (χ4v) is 5.08. The number of hydrogen-bond acceptors (Lipinski definition) is 9. The van der Waals surface area contributed by atoms with Crippen molar-refractivity contribution >= 4 is 44.3 Å². The quantitative estimate of drug-likeness (QED) is 0.299. The smallest absolute Gasteiger partial charge is 0.259 e. The van der Waals surface area contributed by atoms with Crippen LogP contribution in [0.5, 0.6) is 11.6 Å². The number of halogens is 1. The molecule has 37 heavy (non-hydrogen) atoms. The summed E-state index contributed by atoms with van der Waals surface area (Å²) in [7, 11) is 4.96. The molecule has 12 heteroatoms. The van der Waals surface area contributed by atoms with Gasteiger partial charge < -0.3 is 9.47 Å². The summed E-state index contributed by atoms with van der Waals surface area (Å²) < 4.78 is 13.6. The third-order valence-corrected chi connectivity index (χ3v) is 6.88. The number of amides is 1. The van der Waals surface area contributed by atoms with E-state index in [1.807, 2.05) is 27.0 Å². The minimum Gasteiger partial charge on any atom is -0.494 e. The molecule has 0 saturated heterocycles. The molecule has 10 nitrogen and oxygen atoms in total. The van der Waals surface area contributed by atoms with E-state index in [1.165, 1.54) is 30.8 Å². The molecule has 0 aromatic carbocycles. The minimum absolute atomic E-state index is 0.280. The number of pyridine rings is 3. The van der Waals surface area contributed by atoms with Gasteiger partial charge in [-0.05, 0) is 37.6 Å². The van der Waals surface area contributed by atoms with Crippen molar-refractivity contribution in [1.82, 2.24) is 29.7 Å². The number of hydrogen-bond donors (Lipinski definition) is 1. The number of aryl methyl sites for hydroxylation is 3. The summed E-state index contributed by atoms with van der Waals surface area (Å²) in [5.41, 5.74) is 5.45. The highest BCUT2D eigenvalue weighted by Gasteiger charge is 2.21. The van der Waals surface area contributed by atoms with Crippen molar-refractivity contribution in [2.45, 2.75) is 13.8 Å². The van der Waals surface area contributed by atoms with Crippen LogP contribution in [0.1, 0.15) is 21.6 Å². The van der Waals surface area contributed by atoms with Gasteiger partial charge in [0.2, 0.25) is 5.88 Å². The topological polar surface area (TPSA) is 117 Å². The monoisotopic (exact) mass is 535 g/mol. The molecular weight excluding hydrogens is 514 g/mol. The van der Waals surface area contributed by atoms with Crippen molar-refractivity contribution in [2.24, 2.45) is 7.05 Å². The number of thiazole rings is 1. The molecule has 0 radical (unpaired) electrons. The first-order valence-corrected chi connectivity index (χ1v) is 12.3. The highest BCUT2D eigenvalue weighted by atomic mass is 35.5. The van der Waals surface area contributed by atoms with Gasteiger partial charge in [0, 0.05) is 30.1 Å². The molecule has 5 heterocycles. The van der Waals surface area contributed by atoms with Crippen LogP contribution in [0.2, 0.25) is 5.15 Å². The van der Waals surface area contributed by atoms with Crippen LogP contribution in [0.15, 0.2) is 36.8 Å². The van der Waals surface area contributed by atoms with E-state index >= 15 is 0 Å². The number of aromatic nitrogens is 6. The highest BCUT2D eigenvalue weighted by Crippen LogP contribution is 2.37. The van der Waals surface area contributed by atoms with Crippen LogP contribution in [-0.2, 0) is 7.05 Å². The zero-order valence-corrected chi connectivity index (χ0v) is 22.2. The summed E-state index contributed by atoms with van der Waals surface area (Å²) in [5.74, 6) is 0.526. The van der Waals surface area contributed by atoms with Gasteiger partial charge in [0.1, 0.15) is 10.9 Å². The molecule has 5 rings (SSSR count). The lowest BCUT2D eigenvalue weighted by Gasteiger charge is -2.13. The number of carbonyl (C=O) groups is 1. The third kappa shape index (κ3) is 4.58. The summed E-state index contributed by atoms with van der Waals surface area (Å²) in [6, 6.07) is 5.40. The number of rotatable bonds is 6. The molecule has 0 bridgehead atoms. The Morgan fingerprint density at radius 1 is 1.00 bits per heavy atom. The van der Waals surface area contributed by atoms with Crippen molar-refractivity contribution in [3.05, 3.63) is 58.8 Å². The second-order valence-electron chi connectivity index (χ2n) is 8.22. The summed E-state index contributed by atoms with van der Waals surface area (Å²) in [6.45, 7) is 3.82. The predicted octanol–water partition coefficient (Wildman–Crippen LogP) is 5.09. The molecule has 5 aromatic rings. The van der Waals surface area contributed by atoms with Gasteiger partial charge >= 0.3 is 0 Å². The van der Waals surface area contributed by atoms with E-state index in [4.69, 9.17) is 21.1 Å². The van der Waals surface area contributed by atoms with E-state index in [0.29, 0.717) is 39.1 Å². The lowest BCUT2D eigenvalue weighted by molar-refractivity contribution is 0.102. The first kappa shape index (κ1) is 24.6. The van der Waals surface area contributed by atoms with Crippen molar-refractivity contribution in [3.63, 3.8) is 0 Å². The van der Waals surface area contributed by atoms with Crippen LogP contribution in [0, 0.1) is 13.8 Å². The van der Waals surface area contributed by atoms with E-state index in [-0.39, 0.29) is 11.1 Å². The Hall–Kier alpha value is -4.09. The van der Waals surface area contributed by atoms with Crippen LogP contribution in [0.4, 0.5) is 5.13 Å². The summed E-state index contributed by atoms with van der Waals surface area (Å²) >= 11 is 7.46. The number of carbonyl (C=O) groups excluding carboxylic acids is 1. The molecule has 188 valence electrons. The largest absolute Gasteiger partial charge is 0.494 e. The second kappa shape index (κ2) is 9.75.